The molecule has 3 rings (SSSR count). The van der Waals surface area contributed by atoms with Crippen molar-refractivity contribution in [2.24, 2.45) is 0 Å². The molecule has 134 valence electrons. The lowest BCUT2D eigenvalue weighted by atomic mass is 10.2. The number of hydrogen-bond acceptors (Lipinski definition) is 4. The lowest BCUT2D eigenvalue weighted by Crippen LogP contribution is -2.50. The van der Waals surface area contributed by atoms with Crippen LogP contribution in [0.25, 0.3) is 0 Å². The van der Waals surface area contributed by atoms with Crippen LogP contribution in [0.4, 0.5) is 4.79 Å². The van der Waals surface area contributed by atoms with E-state index in [1.807, 2.05) is 50.4 Å². The number of carbonyl (C=O) groups excluding carboxylic acids is 1. The predicted molar refractivity (Wildman–Crippen MR) is 93.8 cm³/mol. The predicted octanol–water partition coefficient (Wildman–Crippen LogP) is 2.14. The van der Waals surface area contributed by atoms with Gasteiger partial charge in [0.2, 0.25) is 0 Å². The van der Waals surface area contributed by atoms with E-state index in [0.29, 0.717) is 26.2 Å². The number of fused-ring (bicyclic) bond motifs is 1. The van der Waals surface area contributed by atoms with Crippen molar-refractivity contribution >= 4 is 6.03 Å². The Bertz CT molecular complexity index is 689. The maximum absolute atomic E-state index is 12.5. The van der Waals surface area contributed by atoms with Crippen molar-refractivity contribution in [2.45, 2.75) is 32.5 Å². The van der Waals surface area contributed by atoms with Crippen LogP contribution in [0.2, 0.25) is 0 Å². The first kappa shape index (κ1) is 17.1. The van der Waals surface area contributed by atoms with E-state index in [1.165, 1.54) is 0 Å². The summed E-state index contributed by atoms with van der Waals surface area (Å²) in [6.07, 6.45) is 3.43. The molecule has 2 amide bonds. The third kappa shape index (κ3) is 4.43. The molecule has 2 atom stereocenters. The van der Waals surface area contributed by atoms with E-state index in [1.54, 1.807) is 15.8 Å². The molecule has 25 heavy (non-hydrogen) atoms. The maximum atomic E-state index is 12.5. The van der Waals surface area contributed by atoms with Crippen molar-refractivity contribution < 1.29 is 14.3 Å². The molecule has 0 saturated carbocycles. The highest BCUT2D eigenvalue weighted by Crippen LogP contribution is 2.30. The quantitative estimate of drug-likeness (QED) is 0.872. The van der Waals surface area contributed by atoms with E-state index >= 15 is 0 Å². The van der Waals surface area contributed by atoms with E-state index in [-0.39, 0.29) is 18.2 Å². The first-order chi connectivity index (χ1) is 12.2. The number of rotatable bonds is 6. The molecule has 2 heterocycles. The molecule has 1 aliphatic heterocycles. The van der Waals surface area contributed by atoms with Crippen molar-refractivity contribution in [1.29, 1.82) is 0 Å². The van der Waals surface area contributed by atoms with E-state index in [4.69, 9.17) is 9.47 Å². The molecule has 1 N–H and O–H groups in total. The Kier molecular flexibility index (Phi) is 5.42. The van der Waals surface area contributed by atoms with Crippen LogP contribution in [0.5, 0.6) is 11.5 Å². The number of urea groups is 1. The average molecular weight is 344 g/mol. The van der Waals surface area contributed by atoms with Gasteiger partial charge in [0.05, 0.1) is 13.1 Å². The number of para-hydroxylation sites is 2. The van der Waals surface area contributed by atoms with Gasteiger partial charge in [-0.15, -0.1) is 0 Å². The third-order valence-corrected chi connectivity index (χ3v) is 4.05. The van der Waals surface area contributed by atoms with Crippen molar-refractivity contribution in [1.82, 2.24) is 20.0 Å². The van der Waals surface area contributed by atoms with Crippen LogP contribution in [0.3, 0.4) is 0 Å². The minimum atomic E-state index is -0.179. The number of nitrogens with zero attached hydrogens (tertiary/aromatic N) is 3. The molecular weight excluding hydrogens is 320 g/mol. The summed E-state index contributed by atoms with van der Waals surface area (Å²) in [4.78, 5) is 14.3. The minimum absolute atomic E-state index is 0.0225. The standard InChI is InChI=1S/C18H24N4O3/c1-3-21(18(23)20-14(2)11-22-10-6-9-19-22)12-15-13-24-16-7-4-5-8-17(16)25-15/h4-10,14-15H,3,11-13H2,1-2H3,(H,20,23). The Balaban J connectivity index is 1.52. The highest BCUT2D eigenvalue weighted by atomic mass is 16.6. The Hall–Kier alpha value is -2.70. The van der Waals surface area contributed by atoms with Crippen LogP contribution in [0.1, 0.15) is 13.8 Å². The van der Waals surface area contributed by atoms with Gasteiger partial charge in [0.25, 0.3) is 0 Å². The largest absolute Gasteiger partial charge is 0.486 e. The van der Waals surface area contributed by atoms with Crippen molar-refractivity contribution in [3.8, 4) is 11.5 Å². The number of carbonyl (C=O) groups is 1. The van der Waals surface area contributed by atoms with Gasteiger partial charge in [-0.1, -0.05) is 12.1 Å². The lowest BCUT2D eigenvalue weighted by molar-refractivity contribution is 0.0671. The second kappa shape index (κ2) is 7.92. The molecule has 7 nitrogen and oxygen atoms in total. The number of ether oxygens (including phenoxy) is 2. The number of hydrogen-bond donors (Lipinski definition) is 1. The molecule has 0 radical (unpaired) electrons. The van der Waals surface area contributed by atoms with Crippen molar-refractivity contribution in [3.63, 3.8) is 0 Å². The SMILES string of the molecule is CCN(CC1COc2ccccc2O1)C(=O)NC(C)Cn1cccn1. The molecule has 2 unspecified atom stereocenters. The van der Waals surface area contributed by atoms with Gasteiger partial charge in [-0.05, 0) is 32.0 Å². The second-order valence-electron chi connectivity index (χ2n) is 6.11. The van der Waals surface area contributed by atoms with Gasteiger partial charge in [0.1, 0.15) is 6.61 Å². The van der Waals surface area contributed by atoms with Crippen LogP contribution in [-0.4, -0.2) is 52.6 Å². The van der Waals surface area contributed by atoms with Gasteiger partial charge >= 0.3 is 6.03 Å². The summed E-state index contributed by atoms with van der Waals surface area (Å²) >= 11 is 0. The molecule has 0 bridgehead atoms. The van der Waals surface area contributed by atoms with Crippen LogP contribution in [0, 0.1) is 0 Å². The molecule has 2 aromatic rings. The molecule has 0 saturated heterocycles. The zero-order valence-corrected chi connectivity index (χ0v) is 14.6. The van der Waals surface area contributed by atoms with Gasteiger partial charge in [0.15, 0.2) is 17.6 Å². The van der Waals surface area contributed by atoms with Crippen LogP contribution in [-0.2, 0) is 6.54 Å². The summed E-state index contributed by atoms with van der Waals surface area (Å²) in [6.45, 7) is 6.06. The average Bonchev–Trinajstić information content (AvgIpc) is 3.12. The monoisotopic (exact) mass is 344 g/mol. The van der Waals surface area contributed by atoms with Crippen LogP contribution >= 0.6 is 0 Å². The van der Waals surface area contributed by atoms with Gasteiger partial charge in [-0.25, -0.2) is 4.79 Å². The smallest absolute Gasteiger partial charge is 0.317 e. The van der Waals surface area contributed by atoms with Gasteiger partial charge in [-0.2, -0.15) is 5.10 Å². The van der Waals surface area contributed by atoms with Crippen molar-refractivity contribution in [3.05, 3.63) is 42.7 Å². The fourth-order valence-electron chi connectivity index (χ4n) is 2.79. The summed E-state index contributed by atoms with van der Waals surface area (Å²) in [6, 6.07) is 9.32. The Morgan fingerprint density at radius 1 is 1.40 bits per heavy atom. The first-order valence-electron chi connectivity index (χ1n) is 8.57. The van der Waals surface area contributed by atoms with Gasteiger partial charge in [-0.3, -0.25) is 4.68 Å². The van der Waals surface area contributed by atoms with Gasteiger partial charge < -0.3 is 19.7 Å². The molecular formula is C18H24N4O3. The molecule has 0 spiro atoms. The highest BCUT2D eigenvalue weighted by Gasteiger charge is 2.25. The van der Waals surface area contributed by atoms with Crippen LogP contribution in [0.15, 0.2) is 42.7 Å². The molecule has 0 aliphatic carbocycles. The molecule has 0 fully saturated rings. The van der Waals surface area contributed by atoms with E-state index in [2.05, 4.69) is 10.4 Å². The normalized spacial score (nSPS) is 17.0. The zero-order valence-electron chi connectivity index (χ0n) is 14.6. The van der Waals surface area contributed by atoms with Crippen LogP contribution < -0.4 is 14.8 Å². The number of aromatic nitrogens is 2. The summed E-state index contributed by atoms with van der Waals surface area (Å²) < 4.78 is 13.5. The molecule has 1 aromatic heterocycles. The Morgan fingerprint density at radius 3 is 2.92 bits per heavy atom. The fraction of sp³-hybridized carbons (Fsp3) is 0.444. The topological polar surface area (TPSA) is 68.6 Å². The second-order valence-corrected chi connectivity index (χ2v) is 6.11. The summed E-state index contributed by atoms with van der Waals surface area (Å²) in [5.74, 6) is 1.47. The molecule has 7 heteroatoms. The maximum Gasteiger partial charge on any atom is 0.317 e. The summed E-state index contributed by atoms with van der Waals surface area (Å²) in [7, 11) is 0. The van der Waals surface area contributed by atoms with E-state index in [0.717, 1.165) is 11.5 Å². The van der Waals surface area contributed by atoms with E-state index in [9.17, 15) is 4.79 Å². The van der Waals surface area contributed by atoms with Crippen molar-refractivity contribution in [2.75, 3.05) is 19.7 Å². The number of likely N-dealkylation sites (N-methyl/N-ethyl adjacent to an activating group) is 1. The van der Waals surface area contributed by atoms with E-state index < -0.39 is 0 Å². The Labute approximate surface area is 147 Å². The summed E-state index contributed by atoms with van der Waals surface area (Å²) in [5, 5.41) is 7.17. The first-order valence-corrected chi connectivity index (χ1v) is 8.57. The molecule has 1 aliphatic rings. The third-order valence-electron chi connectivity index (χ3n) is 4.05. The number of amides is 2. The molecule has 1 aromatic carbocycles. The van der Waals surface area contributed by atoms with Gasteiger partial charge in [0, 0.05) is 25.0 Å². The number of benzene rings is 1. The zero-order chi connectivity index (χ0) is 17.6. The summed E-state index contributed by atoms with van der Waals surface area (Å²) in [5.41, 5.74) is 0. The highest BCUT2D eigenvalue weighted by molar-refractivity contribution is 5.74. The fourth-order valence-corrected chi connectivity index (χ4v) is 2.79. The lowest BCUT2D eigenvalue weighted by Gasteiger charge is -2.31. The Morgan fingerprint density at radius 2 is 2.20 bits per heavy atom. The minimum Gasteiger partial charge on any atom is -0.486 e. The number of nitrogens with one attached hydrogen (secondary N) is 1.